The summed E-state index contributed by atoms with van der Waals surface area (Å²) in [6.45, 7) is 0.858. The third-order valence-electron chi connectivity index (χ3n) is 3.36. The van der Waals surface area contributed by atoms with Crippen molar-refractivity contribution >= 4 is 17.6 Å². The summed E-state index contributed by atoms with van der Waals surface area (Å²) < 4.78 is 15.8. The van der Waals surface area contributed by atoms with Gasteiger partial charge in [0.2, 0.25) is 0 Å². The Hall–Kier alpha value is -2.08. The monoisotopic (exact) mass is 323 g/mol. The largest absolute Gasteiger partial charge is 0.349 e. The molecule has 0 bridgehead atoms. The van der Waals surface area contributed by atoms with E-state index >= 15 is 0 Å². The Kier molecular flexibility index (Phi) is 5.38. The second-order valence-electron chi connectivity index (χ2n) is 4.91. The first-order valence-electron chi connectivity index (χ1n) is 6.83. The number of aliphatic imine (C=N–C) groups is 1. The van der Waals surface area contributed by atoms with E-state index in [1.165, 1.54) is 6.07 Å². The van der Waals surface area contributed by atoms with Gasteiger partial charge in [-0.2, -0.15) is 0 Å². The van der Waals surface area contributed by atoms with Crippen LogP contribution in [0.5, 0.6) is 0 Å². The lowest BCUT2D eigenvalue weighted by Crippen LogP contribution is -2.38. The average molecular weight is 324 g/mol. The van der Waals surface area contributed by atoms with Crippen LogP contribution in [0.4, 0.5) is 4.39 Å². The van der Waals surface area contributed by atoms with Crippen molar-refractivity contribution in [2.75, 3.05) is 14.1 Å². The van der Waals surface area contributed by atoms with Crippen LogP contribution < -0.4 is 5.32 Å². The number of aryl methyl sites for hydroxylation is 1. The minimum absolute atomic E-state index is 0.320. The van der Waals surface area contributed by atoms with Crippen LogP contribution in [0.1, 0.15) is 11.4 Å². The van der Waals surface area contributed by atoms with Crippen LogP contribution in [0, 0.1) is 5.82 Å². The standard InChI is InChI=1S/C15H19ClFN5/c1-18-15(20-9-14-19-7-8-21(14)2)22(3)10-11-12(16)5-4-6-13(11)17/h4-8H,9-10H2,1-3H3,(H,18,20). The van der Waals surface area contributed by atoms with Gasteiger partial charge in [0.05, 0.1) is 6.54 Å². The molecule has 0 fully saturated rings. The Balaban J connectivity index is 2.03. The van der Waals surface area contributed by atoms with Gasteiger partial charge in [0, 0.05) is 50.7 Å². The van der Waals surface area contributed by atoms with E-state index in [9.17, 15) is 4.39 Å². The smallest absolute Gasteiger partial charge is 0.194 e. The molecule has 0 unspecified atom stereocenters. The first-order valence-corrected chi connectivity index (χ1v) is 7.21. The molecule has 5 nitrogen and oxygen atoms in total. The number of guanidine groups is 1. The van der Waals surface area contributed by atoms with Crippen molar-refractivity contribution in [3.8, 4) is 0 Å². The van der Waals surface area contributed by atoms with Gasteiger partial charge in [0.25, 0.3) is 0 Å². The molecule has 0 aliphatic rings. The SMILES string of the molecule is CN=C(NCc1nccn1C)N(C)Cc1c(F)cccc1Cl. The van der Waals surface area contributed by atoms with Gasteiger partial charge in [-0.05, 0) is 12.1 Å². The highest BCUT2D eigenvalue weighted by Crippen LogP contribution is 2.20. The lowest BCUT2D eigenvalue weighted by molar-refractivity contribution is 0.459. The molecule has 22 heavy (non-hydrogen) atoms. The van der Waals surface area contributed by atoms with Crippen molar-refractivity contribution in [3.05, 3.63) is 52.8 Å². The molecule has 1 aromatic heterocycles. The summed E-state index contributed by atoms with van der Waals surface area (Å²) in [5.74, 6) is 1.21. The van der Waals surface area contributed by atoms with Crippen molar-refractivity contribution in [2.45, 2.75) is 13.1 Å². The maximum atomic E-state index is 13.9. The maximum absolute atomic E-state index is 13.9. The Bertz CT molecular complexity index is 647. The van der Waals surface area contributed by atoms with E-state index in [0.29, 0.717) is 29.6 Å². The zero-order valence-corrected chi connectivity index (χ0v) is 13.6. The van der Waals surface area contributed by atoms with Gasteiger partial charge in [0.1, 0.15) is 11.6 Å². The molecule has 0 saturated carbocycles. The van der Waals surface area contributed by atoms with Gasteiger partial charge in [-0.1, -0.05) is 17.7 Å². The van der Waals surface area contributed by atoms with Crippen LogP contribution in [0.25, 0.3) is 0 Å². The van der Waals surface area contributed by atoms with E-state index in [1.54, 1.807) is 25.4 Å². The number of benzene rings is 1. The highest BCUT2D eigenvalue weighted by Gasteiger charge is 2.13. The van der Waals surface area contributed by atoms with Crippen LogP contribution >= 0.6 is 11.6 Å². The Labute approximate surface area is 134 Å². The van der Waals surface area contributed by atoms with Crippen molar-refractivity contribution < 1.29 is 4.39 Å². The number of nitrogens with one attached hydrogen (secondary N) is 1. The normalized spacial score (nSPS) is 11.6. The van der Waals surface area contributed by atoms with Gasteiger partial charge in [-0.3, -0.25) is 4.99 Å². The van der Waals surface area contributed by atoms with E-state index in [2.05, 4.69) is 15.3 Å². The first-order chi connectivity index (χ1) is 10.5. The highest BCUT2D eigenvalue weighted by atomic mass is 35.5. The number of hydrogen-bond acceptors (Lipinski definition) is 2. The summed E-state index contributed by atoms with van der Waals surface area (Å²) in [5.41, 5.74) is 0.451. The second kappa shape index (κ2) is 7.26. The zero-order valence-electron chi connectivity index (χ0n) is 12.8. The molecular weight excluding hydrogens is 305 g/mol. The van der Waals surface area contributed by atoms with Crippen LogP contribution in [0.3, 0.4) is 0 Å². The molecule has 0 amide bonds. The van der Waals surface area contributed by atoms with Gasteiger partial charge in [-0.15, -0.1) is 0 Å². The fraction of sp³-hybridized carbons (Fsp3) is 0.333. The Morgan fingerprint density at radius 2 is 2.27 bits per heavy atom. The van der Waals surface area contributed by atoms with Crippen LogP contribution in [-0.2, 0) is 20.1 Å². The third-order valence-corrected chi connectivity index (χ3v) is 3.71. The topological polar surface area (TPSA) is 45.5 Å². The quantitative estimate of drug-likeness (QED) is 0.694. The van der Waals surface area contributed by atoms with Gasteiger partial charge in [0.15, 0.2) is 5.96 Å². The lowest BCUT2D eigenvalue weighted by atomic mass is 10.2. The lowest BCUT2D eigenvalue weighted by Gasteiger charge is -2.22. The predicted octanol–water partition coefficient (Wildman–Crippen LogP) is 2.42. The molecule has 2 aromatic rings. The summed E-state index contributed by atoms with van der Waals surface area (Å²) >= 11 is 6.06. The number of imidazole rings is 1. The van der Waals surface area contributed by atoms with E-state index in [-0.39, 0.29) is 5.82 Å². The zero-order chi connectivity index (χ0) is 16.1. The van der Waals surface area contributed by atoms with E-state index in [0.717, 1.165) is 5.82 Å². The molecule has 0 radical (unpaired) electrons. The van der Waals surface area contributed by atoms with Crippen molar-refractivity contribution in [1.29, 1.82) is 0 Å². The molecule has 0 spiro atoms. The number of halogens is 2. The second-order valence-corrected chi connectivity index (χ2v) is 5.32. The van der Waals surface area contributed by atoms with E-state index in [1.807, 2.05) is 29.8 Å². The van der Waals surface area contributed by atoms with Crippen LogP contribution in [0.15, 0.2) is 35.6 Å². The number of nitrogens with zero attached hydrogens (tertiary/aromatic N) is 4. The predicted molar refractivity (Wildman–Crippen MR) is 86.3 cm³/mol. The van der Waals surface area contributed by atoms with Crippen molar-refractivity contribution in [2.24, 2.45) is 12.0 Å². The molecule has 2 rings (SSSR count). The van der Waals surface area contributed by atoms with Crippen molar-refractivity contribution in [1.82, 2.24) is 19.8 Å². The summed E-state index contributed by atoms with van der Waals surface area (Å²) in [6, 6.07) is 4.67. The van der Waals surface area contributed by atoms with Gasteiger partial charge < -0.3 is 14.8 Å². The number of aromatic nitrogens is 2. The van der Waals surface area contributed by atoms with Gasteiger partial charge in [-0.25, -0.2) is 9.37 Å². The van der Waals surface area contributed by atoms with Crippen LogP contribution in [-0.4, -0.2) is 34.5 Å². The maximum Gasteiger partial charge on any atom is 0.194 e. The van der Waals surface area contributed by atoms with Gasteiger partial charge >= 0.3 is 0 Å². The summed E-state index contributed by atoms with van der Waals surface area (Å²) in [7, 11) is 5.44. The molecule has 1 heterocycles. The Morgan fingerprint density at radius 3 is 2.86 bits per heavy atom. The summed E-state index contributed by atoms with van der Waals surface area (Å²) in [5, 5.41) is 3.61. The van der Waals surface area contributed by atoms with Crippen molar-refractivity contribution in [3.63, 3.8) is 0 Å². The molecule has 1 aromatic carbocycles. The molecular formula is C15H19ClFN5. The third kappa shape index (κ3) is 3.76. The molecule has 0 saturated heterocycles. The fourth-order valence-electron chi connectivity index (χ4n) is 2.11. The fourth-order valence-corrected chi connectivity index (χ4v) is 2.33. The number of hydrogen-bond donors (Lipinski definition) is 1. The molecule has 1 N–H and O–H groups in total. The molecule has 0 aliphatic carbocycles. The highest BCUT2D eigenvalue weighted by molar-refractivity contribution is 6.31. The summed E-state index contributed by atoms with van der Waals surface area (Å²) in [6.07, 6.45) is 3.62. The molecule has 0 aliphatic heterocycles. The van der Waals surface area contributed by atoms with E-state index < -0.39 is 0 Å². The first kappa shape index (κ1) is 16.3. The molecule has 118 valence electrons. The minimum Gasteiger partial charge on any atom is -0.349 e. The number of rotatable bonds is 4. The Morgan fingerprint density at radius 1 is 1.50 bits per heavy atom. The van der Waals surface area contributed by atoms with Crippen LogP contribution in [0.2, 0.25) is 5.02 Å². The van der Waals surface area contributed by atoms with E-state index in [4.69, 9.17) is 11.6 Å². The molecule has 7 heteroatoms. The molecule has 0 atom stereocenters. The minimum atomic E-state index is -0.320. The summed E-state index contributed by atoms with van der Waals surface area (Å²) in [4.78, 5) is 10.3. The average Bonchev–Trinajstić information content (AvgIpc) is 2.89.